The van der Waals surface area contributed by atoms with Crippen molar-refractivity contribution in [1.82, 2.24) is 9.97 Å². The minimum absolute atomic E-state index is 0.490. The van der Waals surface area contributed by atoms with Crippen molar-refractivity contribution in [2.75, 3.05) is 10.6 Å². The van der Waals surface area contributed by atoms with Crippen molar-refractivity contribution in [2.24, 2.45) is 0 Å². The van der Waals surface area contributed by atoms with E-state index < -0.39 is 0 Å². The summed E-state index contributed by atoms with van der Waals surface area (Å²) in [6.45, 7) is 7.95. The van der Waals surface area contributed by atoms with Gasteiger partial charge in [-0.2, -0.15) is 0 Å². The molecule has 0 saturated carbocycles. The van der Waals surface area contributed by atoms with Gasteiger partial charge in [0.2, 0.25) is 5.95 Å². The molecule has 0 aliphatic rings. The van der Waals surface area contributed by atoms with Gasteiger partial charge in [-0.1, -0.05) is 12.1 Å². The number of hydrogen-bond donors (Lipinski definition) is 2. The third kappa shape index (κ3) is 3.74. The van der Waals surface area contributed by atoms with Crippen LogP contribution in [0.1, 0.15) is 22.5 Å². The smallest absolute Gasteiger partial charge is 0.229 e. The molecular formula is C15H18N4S. The third-order valence-electron chi connectivity index (χ3n) is 2.85. The van der Waals surface area contributed by atoms with Crippen LogP contribution in [0.15, 0.2) is 24.3 Å². The molecule has 2 aromatic rings. The molecule has 0 unspecified atom stereocenters. The first kappa shape index (κ1) is 14.4. The van der Waals surface area contributed by atoms with Crippen LogP contribution in [0.3, 0.4) is 0 Å². The quantitative estimate of drug-likeness (QED) is 0.827. The predicted octanol–water partition coefficient (Wildman–Crippen LogP) is 3.52. The minimum atomic E-state index is 0.490. The Hall–Kier alpha value is -2.01. The first-order valence-corrected chi connectivity index (χ1v) is 6.82. The molecule has 0 radical (unpaired) electrons. The lowest BCUT2D eigenvalue weighted by molar-refractivity contribution is 1.07. The Morgan fingerprint density at radius 3 is 2.25 bits per heavy atom. The first-order valence-electron chi connectivity index (χ1n) is 6.41. The molecule has 0 aliphatic carbocycles. The number of benzene rings is 1. The molecule has 1 aromatic carbocycles. The van der Waals surface area contributed by atoms with E-state index in [-0.39, 0.29) is 0 Å². The normalized spacial score (nSPS) is 10.2. The van der Waals surface area contributed by atoms with Crippen molar-refractivity contribution in [3.8, 4) is 0 Å². The van der Waals surface area contributed by atoms with Crippen molar-refractivity contribution < 1.29 is 0 Å². The van der Waals surface area contributed by atoms with Crippen LogP contribution in [-0.2, 0) is 0 Å². The Bertz CT molecular complexity index is 632. The summed E-state index contributed by atoms with van der Waals surface area (Å²) < 4.78 is 0. The molecule has 0 aliphatic heterocycles. The zero-order valence-corrected chi connectivity index (χ0v) is 12.9. The summed E-state index contributed by atoms with van der Waals surface area (Å²) in [6.07, 6.45) is 0. The molecular weight excluding hydrogens is 268 g/mol. The Kier molecular flexibility index (Phi) is 4.29. The van der Waals surface area contributed by atoms with Gasteiger partial charge < -0.3 is 10.6 Å². The molecule has 0 saturated heterocycles. The van der Waals surface area contributed by atoms with Crippen LogP contribution in [0.5, 0.6) is 0 Å². The average Bonchev–Trinajstić information content (AvgIpc) is 2.32. The monoisotopic (exact) mass is 286 g/mol. The van der Waals surface area contributed by atoms with Crippen LogP contribution in [-0.4, -0.2) is 15.1 Å². The third-order valence-corrected chi connectivity index (χ3v) is 3.05. The van der Waals surface area contributed by atoms with E-state index in [4.69, 9.17) is 12.2 Å². The molecule has 0 amide bonds. The van der Waals surface area contributed by atoms with E-state index in [0.29, 0.717) is 11.1 Å². The van der Waals surface area contributed by atoms with Crippen molar-refractivity contribution in [3.63, 3.8) is 0 Å². The summed E-state index contributed by atoms with van der Waals surface area (Å²) in [5.41, 5.74) is 5.14. The SMILES string of the molecule is Cc1ccc(C)c(NC(=S)Nc2nc(C)cc(C)n2)c1. The van der Waals surface area contributed by atoms with Crippen LogP contribution in [0.2, 0.25) is 0 Å². The second kappa shape index (κ2) is 5.96. The molecule has 0 atom stereocenters. The Morgan fingerprint density at radius 1 is 0.950 bits per heavy atom. The van der Waals surface area contributed by atoms with Crippen LogP contribution in [0.25, 0.3) is 0 Å². The van der Waals surface area contributed by atoms with Crippen LogP contribution in [0.4, 0.5) is 11.6 Å². The number of anilines is 2. The highest BCUT2D eigenvalue weighted by Gasteiger charge is 2.05. The number of aryl methyl sites for hydroxylation is 4. The molecule has 20 heavy (non-hydrogen) atoms. The Labute approximate surface area is 124 Å². The first-order chi connectivity index (χ1) is 9.44. The van der Waals surface area contributed by atoms with Gasteiger partial charge in [0.05, 0.1) is 0 Å². The largest absolute Gasteiger partial charge is 0.332 e. The van der Waals surface area contributed by atoms with Crippen LogP contribution < -0.4 is 10.6 Å². The van der Waals surface area contributed by atoms with E-state index in [9.17, 15) is 0 Å². The molecule has 5 heteroatoms. The Balaban J connectivity index is 2.11. The fourth-order valence-corrected chi connectivity index (χ4v) is 2.11. The number of nitrogens with one attached hydrogen (secondary N) is 2. The van der Waals surface area contributed by atoms with E-state index >= 15 is 0 Å². The second-order valence-electron chi connectivity index (χ2n) is 4.87. The lowest BCUT2D eigenvalue weighted by Gasteiger charge is -2.12. The number of nitrogens with zero attached hydrogens (tertiary/aromatic N) is 2. The van der Waals surface area contributed by atoms with Gasteiger partial charge in [0.15, 0.2) is 5.11 Å². The molecule has 2 rings (SSSR count). The van der Waals surface area contributed by atoms with E-state index in [1.165, 1.54) is 5.56 Å². The standard InChI is InChI=1S/C15H18N4S/c1-9-5-6-10(2)13(7-9)18-15(20)19-14-16-11(3)8-12(4)17-14/h5-8H,1-4H3,(H2,16,17,18,19,20). The van der Waals surface area contributed by atoms with Gasteiger partial charge in [0.1, 0.15) is 0 Å². The summed E-state index contributed by atoms with van der Waals surface area (Å²) in [5.74, 6) is 0.519. The maximum Gasteiger partial charge on any atom is 0.229 e. The average molecular weight is 286 g/mol. The molecule has 1 heterocycles. The van der Waals surface area contributed by atoms with E-state index in [2.05, 4.69) is 38.8 Å². The maximum absolute atomic E-state index is 5.31. The zero-order chi connectivity index (χ0) is 14.7. The number of hydrogen-bond acceptors (Lipinski definition) is 3. The number of thiocarbonyl (C=S) groups is 1. The molecule has 0 spiro atoms. The van der Waals surface area contributed by atoms with Gasteiger partial charge >= 0.3 is 0 Å². The highest BCUT2D eigenvalue weighted by Crippen LogP contribution is 2.16. The van der Waals surface area contributed by atoms with E-state index in [1.54, 1.807) is 0 Å². The van der Waals surface area contributed by atoms with Gasteiger partial charge in [0, 0.05) is 17.1 Å². The molecule has 2 N–H and O–H groups in total. The highest BCUT2D eigenvalue weighted by atomic mass is 32.1. The maximum atomic E-state index is 5.31. The molecule has 0 fully saturated rings. The molecule has 104 valence electrons. The van der Waals surface area contributed by atoms with Crippen LogP contribution in [0, 0.1) is 27.7 Å². The molecule has 1 aromatic heterocycles. The minimum Gasteiger partial charge on any atom is -0.332 e. The number of rotatable bonds is 2. The fourth-order valence-electron chi connectivity index (χ4n) is 1.91. The molecule has 0 bridgehead atoms. The summed E-state index contributed by atoms with van der Waals surface area (Å²) in [7, 11) is 0. The summed E-state index contributed by atoms with van der Waals surface area (Å²) in [4.78, 5) is 8.61. The van der Waals surface area contributed by atoms with Crippen molar-refractivity contribution in [3.05, 3.63) is 46.8 Å². The van der Waals surface area contributed by atoms with Crippen molar-refractivity contribution in [2.45, 2.75) is 27.7 Å². The lowest BCUT2D eigenvalue weighted by Crippen LogP contribution is -2.21. The topological polar surface area (TPSA) is 49.8 Å². The zero-order valence-electron chi connectivity index (χ0n) is 12.1. The predicted molar refractivity (Wildman–Crippen MR) is 87.3 cm³/mol. The Morgan fingerprint density at radius 2 is 1.60 bits per heavy atom. The number of aromatic nitrogens is 2. The fraction of sp³-hybridized carbons (Fsp3) is 0.267. The van der Waals surface area contributed by atoms with Gasteiger partial charge in [0.25, 0.3) is 0 Å². The van der Waals surface area contributed by atoms with Crippen LogP contribution >= 0.6 is 12.2 Å². The van der Waals surface area contributed by atoms with E-state index in [0.717, 1.165) is 22.6 Å². The summed E-state index contributed by atoms with van der Waals surface area (Å²) in [5, 5.41) is 6.69. The van der Waals surface area contributed by atoms with Gasteiger partial charge in [-0.15, -0.1) is 0 Å². The molecule has 4 nitrogen and oxygen atoms in total. The van der Waals surface area contributed by atoms with Gasteiger partial charge in [-0.25, -0.2) is 9.97 Å². The van der Waals surface area contributed by atoms with Gasteiger partial charge in [-0.3, -0.25) is 0 Å². The lowest BCUT2D eigenvalue weighted by atomic mass is 10.1. The van der Waals surface area contributed by atoms with Crippen molar-refractivity contribution in [1.29, 1.82) is 0 Å². The van der Waals surface area contributed by atoms with E-state index in [1.807, 2.05) is 33.8 Å². The summed E-state index contributed by atoms with van der Waals surface area (Å²) in [6, 6.07) is 8.12. The van der Waals surface area contributed by atoms with Crippen molar-refractivity contribution >= 4 is 29.0 Å². The second-order valence-corrected chi connectivity index (χ2v) is 5.28. The van der Waals surface area contributed by atoms with Gasteiger partial charge in [-0.05, 0) is 63.2 Å². The highest BCUT2D eigenvalue weighted by molar-refractivity contribution is 7.80. The summed E-state index contributed by atoms with van der Waals surface area (Å²) >= 11 is 5.31.